The first-order valence-electron chi connectivity index (χ1n) is 13.1. The molecule has 0 fully saturated rings. The third-order valence-corrected chi connectivity index (χ3v) is 6.92. The molecule has 41 heavy (non-hydrogen) atoms. The third kappa shape index (κ3) is 4.80. The Morgan fingerprint density at radius 3 is 2.59 bits per heavy atom. The van der Waals surface area contributed by atoms with Gasteiger partial charge in [-0.15, -0.1) is 0 Å². The van der Waals surface area contributed by atoms with Crippen LogP contribution in [0.3, 0.4) is 0 Å². The lowest BCUT2D eigenvalue weighted by molar-refractivity contribution is 0.0697. The zero-order valence-electron chi connectivity index (χ0n) is 22.7. The molecular formula is C31H27N5O5. The summed E-state index contributed by atoms with van der Waals surface area (Å²) >= 11 is 0. The smallest absolute Gasteiger partial charge is 0.335 e. The van der Waals surface area contributed by atoms with Gasteiger partial charge in [0.1, 0.15) is 23.0 Å². The summed E-state index contributed by atoms with van der Waals surface area (Å²) in [6.45, 7) is 4.32. The van der Waals surface area contributed by atoms with Gasteiger partial charge in [0.05, 0.1) is 47.2 Å². The van der Waals surface area contributed by atoms with Crippen LogP contribution in [0, 0.1) is 6.92 Å². The predicted octanol–water partition coefficient (Wildman–Crippen LogP) is 5.88. The minimum atomic E-state index is -1.10. The van der Waals surface area contributed by atoms with Crippen molar-refractivity contribution in [1.29, 1.82) is 0 Å². The van der Waals surface area contributed by atoms with E-state index in [1.54, 1.807) is 19.4 Å². The highest BCUT2D eigenvalue weighted by molar-refractivity contribution is 5.91. The van der Waals surface area contributed by atoms with E-state index >= 15 is 0 Å². The Labute approximate surface area is 235 Å². The average molecular weight is 550 g/mol. The van der Waals surface area contributed by atoms with Crippen LogP contribution in [0.1, 0.15) is 34.3 Å². The van der Waals surface area contributed by atoms with Crippen LogP contribution in [0.15, 0.2) is 77.3 Å². The van der Waals surface area contributed by atoms with Crippen molar-refractivity contribution >= 4 is 17.0 Å². The molecule has 0 amide bonds. The number of ether oxygens (including phenoxy) is 1. The summed E-state index contributed by atoms with van der Waals surface area (Å²) in [7, 11) is 1.56. The van der Waals surface area contributed by atoms with Gasteiger partial charge in [0.2, 0.25) is 5.88 Å². The van der Waals surface area contributed by atoms with Crippen LogP contribution in [0.25, 0.3) is 39.6 Å². The van der Waals surface area contributed by atoms with Gasteiger partial charge in [-0.05, 0) is 73.5 Å². The molecule has 10 heteroatoms. The number of carboxylic acids is 1. The fourth-order valence-corrected chi connectivity index (χ4v) is 4.82. The first kappa shape index (κ1) is 25.9. The first-order valence-corrected chi connectivity index (χ1v) is 13.1. The SMILES string of the molecule is CCc1cc(-c2ccc(C)o2)n(-c2ccc3c(c2)nc(-c2cc(C(=O)O)ccc2O)n3Cc2ccc(OC)nc2)n1. The van der Waals surface area contributed by atoms with Crippen LogP contribution < -0.4 is 4.74 Å². The second kappa shape index (κ2) is 10.3. The second-order valence-corrected chi connectivity index (χ2v) is 9.64. The normalized spacial score (nSPS) is 11.3. The number of pyridine rings is 1. The van der Waals surface area contributed by atoms with Crippen LogP contribution in [0.4, 0.5) is 0 Å². The number of carbonyl (C=O) groups is 1. The lowest BCUT2D eigenvalue weighted by Gasteiger charge is -2.12. The molecule has 0 spiro atoms. The molecule has 0 saturated carbocycles. The van der Waals surface area contributed by atoms with E-state index in [2.05, 4.69) is 4.98 Å². The largest absolute Gasteiger partial charge is 0.507 e. The summed E-state index contributed by atoms with van der Waals surface area (Å²) in [6.07, 6.45) is 2.47. The molecule has 0 radical (unpaired) electrons. The van der Waals surface area contributed by atoms with E-state index in [4.69, 9.17) is 19.2 Å². The van der Waals surface area contributed by atoms with Gasteiger partial charge in [0.25, 0.3) is 0 Å². The fraction of sp³-hybridized carbons (Fsp3) is 0.161. The Morgan fingerprint density at radius 1 is 1.05 bits per heavy atom. The molecule has 4 heterocycles. The summed E-state index contributed by atoms with van der Waals surface area (Å²) in [5.74, 6) is 1.26. The number of methoxy groups -OCH3 is 1. The van der Waals surface area contributed by atoms with Gasteiger partial charge in [-0.3, -0.25) is 0 Å². The van der Waals surface area contributed by atoms with Gasteiger partial charge in [-0.25, -0.2) is 19.4 Å². The van der Waals surface area contributed by atoms with Crippen molar-refractivity contribution in [3.8, 4) is 40.2 Å². The lowest BCUT2D eigenvalue weighted by Crippen LogP contribution is -2.04. The zero-order valence-corrected chi connectivity index (χ0v) is 22.7. The number of aromatic carboxylic acids is 1. The molecule has 0 unspecified atom stereocenters. The first-order chi connectivity index (χ1) is 19.8. The molecule has 6 aromatic rings. The highest BCUT2D eigenvalue weighted by Crippen LogP contribution is 2.34. The predicted molar refractivity (Wildman–Crippen MR) is 153 cm³/mol. The number of hydrogen-bond donors (Lipinski definition) is 2. The Balaban J connectivity index is 1.53. The van der Waals surface area contributed by atoms with Crippen molar-refractivity contribution in [2.45, 2.75) is 26.8 Å². The fourth-order valence-electron chi connectivity index (χ4n) is 4.82. The van der Waals surface area contributed by atoms with Crippen LogP contribution in [0.2, 0.25) is 0 Å². The maximum absolute atomic E-state index is 11.7. The molecule has 0 saturated heterocycles. The van der Waals surface area contributed by atoms with Gasteiger partial charge in [-0.1, -0.05) is 13.0 Å². The van der Waals surface area contributed by atoms with Crippen LogP contribution in [-0.2, 0) is 13.0 Å². The summed E-state index contributed by atoms with van der Waals surface area (Å²) in [6, 6.07) is 19.5. The van der Waals surface area contributed by atoms with Crippen molar-refractivity contribution in [3.63, 3.8) is 0 Å². The van der Waals surface area contributed by atoms with E-state index in [1.807, 2.05) is 65.6 Å². The van der Waals surface area contributed by atoms with E-state index in [0.29, 0.717) is 35.1 Å². The molecule has 0 aliphatic carbocycles. The number of benzene rings is 2. The Kier molecular flexibility index (Phi) is 6.50. The van der Waals surface area contributed by atoms with E-state index < -0.39 is 5.97 Å². The van der Waals surface area contributed by atoms with E-state index in [1.165, 1.54) is 18.2 Å². The van der Waals surface area contributed by atoms with Gasteiger partial charge in [0, 0.05) is 12.3 Å². The molecule has 0 aliphatic heterocycles. The Hall–Kier alpha value is -5.38. The van der Waals surface area contributed by atoms with Crippen LogP contribution in [0.5, 0.6) is 11.6 Å². The maximum atomic E-state index is 11.7. The van der Waals surface area contributed by atoms with E-state index in [9.17, 15) is 15.0 Å². The molecule has 2 aromatic carbocycles. The number of furan rings is 1. The lowest BCUT2D eigenvalue weighted by atomic mass is 10.1. The monoisotopic (exact) mass is 549 g/mol. The van der Waals surface area contributed by atoms with Gasteiger partial charge in [-0.2, -0.15) is 5.10 Å². The Morgan fingerprint density at radius 2 is 1.90 bits per heavy atom. The molecule has 10 nitrogen and oxygen atoms in total. The van der Waals surface area contributed by atoms with E-state index in [-0.39, 0.29) is 11.3 Å². The van der Waals surface area contributed by atoms with Crippen molar-refractivity contribution in [3.05, 3.63) is 95.5 Å². The molecule has 0 atom stereocenters. The second-order valence-electron chi connectivity index (χ2n) is 9.64. The number of aromatic nitrogens is 5. The third-order valence-electron chi connectivity index (χ3n) is 6.92. The maximum Gasteiger partial charge on any atom is 0.335 e. The van der Waals surface area contributed by atoms with Crippen LogP contribution in [-0.4, -0.2) is 47.6 Å². The summed E-state index contributed by atoms with van der Waals surface area (Å²) in [4.78, 5) is 20.9. The standard InChI is InChI=1S/C31H27N5O5/c1-4-21-14-26(28-11-5-18(2)41-28)36(34-21)22-8-9-25-24(15-22)33-30(23-13-20(31(38)39)7-10-27(23)37)35(25)17-19-6-12-29(40-3)32-16-19/h5-16,37H,4,17H2,1-3H3,(H,38,39). The number of phenolic OH excluding ortho intramolecular Hbond substituents is 1. The number of rotatable bonds is 8. The average Bonchev–Trinajstić information content (AvgIpc) is 3.70. The number of aryl methyl sites for hydroxylation is 2. The highest BCUT2D eigenvalue weighted by atomic mass is 16.5. The topological polar surface area (TPSA) is 128 Å². The zero-order chi connectivity index (χ0) is 28.7. The number of hydrogen-bond acceptors (Lipinski definition) is 7. The Bertz CT molecular complexity index is 1900. The number of carboxylic acid groups (broad SMARTS) is 1. The molecule has 6 rings (SSSR count). The van der Waals surface area contributed by atoms with Crippen molar-refractivity contribution in [1.82, 2.24) is 24.3 Å². The number of fused-ring (bicyclic) bond motifs is 1. The van der Waals surface area contributed by atoms with Crippen molar-refractivity contribution in [2.75, 3.05) is 7.11 Å². The van der Waals surface area contributed by atoms with Gasteiger partial charge < -0.3 is 23.9 Å². The molecular weight excluding hydrogens is 522 g/mol. The quantitative estimate of drug-likeness (QED) is 0.241. The van der Waals surface area contributed by atoms with Crippen molar-refractivity contribution in [2.24, 2.45) is 0 Å². The molecule has 2 N–H and O–H groups in total. The summed E-state index contributed by atoms with van der Waals surface area (Å²) < 4.78 is 14.9. The van der Waals surface area contributed by atoms with E-state index in [0.717, 1.165) is 40.3 Å². The van der Waals surface area contributed by atoms with Crippen molar-refractivity contribution < 1.29 is 24.2 Å². The van der Waals surface area contributed by atoms with Crippen LogP contribution >= 0.6 is 0 Å². The number of imidazole rings is 1. The molecule has 0 bridgehead atoms. The minimum absolute atomic E-state index is 0.0465. The molecule has 0 aliphatic rings. The number of nitrogens with zero attached hydrogens (tertiary/aromatic N) is 5. The minimum Gasteiger partial charge on any atom is -0.507 e. The number of phenols is 1. The summed E-state index contributed by atoms with van der Waals surface area (Å²) in [5, 5.41) is 25.2. The highest BCUT2D eigenvalue weighted by Gasteiger charge is 2.20. The number of aromatic hydroxyl groups is 1. The summed E-state index contributed by atoms with van der Waals surface area (Å²) in [5.41, 5.74) is 5.19. The molecule has 4 aromatic heterocycles. The van der Waals surface area contributed by atoms with Gasteiger partial charge in [0.15, 0.2) is 5.76 Å². The van der Waals surface area contributed by atoms with Gasteiger partial charge >= 0.3 is 5.97 Å². The molecule has 206 valence electrons.